The van der Waals surface area contributed by atoms with E-state index in [9.17, 15) is 19.4 Å². The highest BCUT2D eigenvalue weighted by molar-refractivity contribution is 5.95. The molecule has 1 aliphatic carbocycles. The second-order valence-electron chi connectivity index (χ2n) is 6.03. The lowest BCUT2D eigenvalue weighted by molar-refractivity contribution is 0.0676. The summed E-state index contributed by atoms with van der Waals surface area (Å²) in [7, 11) is 0. The standard InChI is InChI=1S/C16H22FNO3/c1-16(10-19,11-5-3-2-4-6-11)18-15(21)13-8-7-12(20)9-14(13)17/h7-9,11,19-20H,2-6,10H2,1H3,(H,18,21)/t16-/m1/s1. The van der Waals surface area contributed by atoms with Gasteiger partial charge in [0.2, 0.25) is 0 Å². The number of phenolic OH excluding ortho intramolecular Hbond substituents is 1. The Morgan fingerprint density at radius 3 is 2.62 bits per heavy atom. The Morgan fingerprint density at radius 2 is 2.05 bits per heavy atom. The fourth-order valence-corrected chi connectivity index (χ4v) is 3.03. The first kappa shape index (κ1) is 15.8. The van der Waals surface area contributed by atoms with E-state index in [0.717, 1.165) is 31.7 Å². The van der Waals surface area contributed by atoms with Crippen molar-refractivity contribution in [1.82, 2.24) is 5.32 Å². The number of carbonyl (C=O) groups is 1. The van der Waals surface area contributed by atoms with Crippen LogP contribution in [0.4, 0.5) is 4.39 Å². The minimum absolute atomic E-state index is 0.122. The molecule has 2 rings (SSSR count). The van der Waals surface area contributed by atoms with Gasteiger partial charge in [0.15, 0.2) is 0 Å². The molecule has 0 radical (unpaired) electrons. The molecule has 1 aromatic carbocycles. The van der Waals surface area contributed by atoms with E-state index in [1.165, 1.54) is 18.6 Å². The number of nitrogens with one attached hydrogen (secondary N) is 1. The average molecular weight is 295 g/mol. The Hall–Kier alpha value is -1.62. The van der Waals surface area contributed by atoms with Gasteiger partial charge in [-0.25, -0.2) is 4.39 Å². The van der Waals surface area contributed by atoms with Crippen LogP contribution in [-0.2, 0) is 0 Å². The third-order valence-corrected chi connectivity index (χ3v) is 4.43. The second-order valence-corrected chi connectivity index (χ2v) is 6.03. The highest BCUT2D eigenvalue weighted by Crippen LogP contribution is 2.32. The maximum Gasteiger partial charge on any atom is 0.254 e. The smallest absolute Gasteiger partial charge is 0.254 e. The number of aliphatic hydroxyl groups is 1. The van der Waals surface area contributed by atoms with Gasteiger partial charge in [-0.15, -0.1) is 0 Å². The number of hydrogen-bond acceptors (Lipinski definition) is 3. The molecule has 3 N–H and O–H groups in total. The number of carbonyl (C=O) groups excluding carboxylic acids is 1. The zero-order valence-electron chi connectivity index (χ0n) is 12.2. The van der Waals surface area contributed by atoms with Crippen molar-refractivity contribution in [2.45, 2.75) is 44.6 Å². The normalized spacial score (nSPS) is 19.0. The number of aliphatic hydroxyl groups excluding tert-OH is 1. The summed E-state index contributed by atoms with van der Waals surface area (Å²) in [5.74, 6) is -1.35. The molecule has 5 heteroatoms. The van der Waals surface area contributed by atoms with Crippen LogP contribution in [0.25, 0.3) is 0 Å². The highest BCUT2D eigenvalue weighted by Gasteiger charge is 2.36. The van der Waals surface area contributed by atoms with Gasteiger partial charge in [-0.3, -0.25) is 4.79 Å². The first-order valence-corrected chi connectivity index (χ1v) is 7.38. The van der Waals surface area contributed by atoms with Gasteiger partial charge in [0, 0.05) is 6.07 Å². The lowest BCUT2D eigenvalue weighted by Gasteiger charge is -2.39. The molecular weight excluding hydrogens is 273 g/mol. The summed E-state index contributed by atoms with van der Waals surface area (Å²) >= 11 is 0. The SMILES string of the molecule is C[C@](CO)(NC(=O)c1ccc(O)cc1F)C1CCCCC1. The first-order valence-electron chi connectivity index (χ1n) is 7.38. The number of halogens is 1. The van der Waals surface area contributed by atoms with E-state index >= 15 is 0 Å². The van der Waals surface area contributed by atoms with Crippen molar-refractivity contribution in [3.05, 3.63) is 29.6 Å². The summed E-state index contributed by atoms with van der Waals surface area (Å²) < 4.78 is 13.7. The summed E-state index contributed by atoms with van der Waals surface area (Å²) in [6, 6.07) is 3.43. The van der Waals surface area contributed by atoms with Gasteiger partial charge in [-0.1, -0.05) is 19.3 Å². The molecular formula is C16H22FNO3. The molecule has 0 saturated heterocycles. The molecule has 0 aromatic heterocycles. The molecule has 1 aromatic rings. The summed E-state index contributed by atoms with van der Waals surface area (Å²) in [5.41, 5.74) is -0.870. The number of hydrogen-bond donors (Lipinski definition) is 3. The van der Waals surface area contributed by atoms with E-state index in [-0.39, 0.29) is 23.8 Å². The molecule has 1 saturated carbocycles. The molecule has 21 heavy (non-hydrogen) atoms. The molecule has 0 bridgehead atoms. The van der Waals surface area contributed by atoms with Gasteiger partial charge < -0.3 is 15.5 Å². The van der Waals surface area contributed by atoms with E-state index in [0.29, 0.717) is 0 Å². The fraction of sp³-hybridized carbons (Fsp3) is 0.562. The zero-order chi connectivity index (χ0) is 15.5. The zero-order valence-corrected chi connectivity index (χ0v) is 12.2. The number of phenols is 1. The minimum Gasteiger partial charge on any atom is -0.508 e. The molecule has 1 amide bonds. The Kier molecular flexibility index (Phi) is 4.83. The van der Waals surface area contributed by atoms with Crippen LogP contribution in [0.1, 0.15) is 49.4 Å². The topological polar surface area (TPSA) is 69.6 Å². The molecule has 1 fully saturated rings. The van der Waals surface area contributed by atoms with Gasteiger partial charge in [0.1, 0.15) is 11.6 Å². The average Bonchev–Trinajstić information content (AvgIpc) is 2.47. The first-order chi connectivity index (χ1) is 9.96. The summed E-state index contributed by atoms with van der Waals surface area (Å²) in [5, 5.41) is 21.7. The van der Waals surface area contributed by atoms with E-state index < -0.39 is 17.3 Å². The third kappa shape index (κ3) is 3.53. The van der Waals surface area contributed by atoms with Crippen molar-refractivity contribution < 1.29 is 19.4 Å². The Bertz CT molecular complexity index is 514. The quantitative estimate of drug-likeness (QED) is 0.799. The number of benzene rings is 1. The molecule has 1 aliphatic rings. The van der Waals surface area contributed by atoms with Crippen molar-refractivity contribution in [1.29, 1.82) is 0 Å². The van der Waals surface area contributed by atoms with Gasteiger partial charge >= 0.3 is 0 Å². The lowest BCUT2D eigenvalue weighted by atomic mass is 9.76. The number of rotatable bonds is 4. The Morgan fingerprint density at radius 1 is 1.38 bits per heavy atom. The minimum atomic E-state index is -0.767. The second kappa shape index (κ2) is 6.43. The third-order valence-electron chi connectivity index (χ3n) is 4.43. The van der Waals surface area contributed by atoms with E-state index in [2.05, 4.69) is 5.32 Å². The van der Waals surface area contributed by atoms with E-state index in [1.54, 1.807) is 6.92 Å². The molecule has 0 spiro atoms. The van der Waals surface area contributed by atoms with Crippen LogP contribution >= 0.6 is 0 Å². The van der Waals surface area contributed by atoms with Crippen LogP contribution in [0, 0.1) is 11.7 Å². The van der Waals surface area contributed by atoms with Crippen molar-refractivity contribution in [2.24, 2.45) is 5.92 Å². The molecule has 1 atom stereocenters. The Balaban J connectivity index is 2.15. The fourth-order valence-electron chi connectivity index (χ4n) is 3.03. The van der Waals surface area contributed by atoms with Gasteiger partial charge in [0.05, 0.1) is 17.7 Å². The molecule has 0 heterocycles. The van der Waals surface area contributed by atoms with E-state index in [4.69, 9.17) is 0 Å². The molecule has 0 unspecified atom stereocenters. The van der Waals surface area contributed by atoms with Crippen LogP contribution in [-0.4, -0.2) is 28.3 Å². The summed E-state index contributed by atoms with van der Waals surface area (Å²) in [4.78, 5) is 12.3. The predicted molar refractivity (Wildman–Crippen MR) is 77.6 cm³/mol. The maximum atomic E-state index is 13.7. The van der Waals surface area contributed by atoms with Gasteiger partial charge in [0.25, 0.3) is 5.91 Å². The van der Waals surface area contributed by atoms with Crippen LogP contribution in [0.3, 0.4) is 0 Å². The predicted octanol–water partition coefficient (Wildman–Crippen LogP) is 2.59. The highest BCUT2D eigenvalue weighted by atomic mass is 19.1. The van der Waals surface area contributed by atoms with Crippen LogP contribution < -0.4 is 5.32 Å². The van der Waals surface area contributed by atoms with Crippen LogP contribution in [0.5, 0.6) is 5.75 Å². The van der Waals surface area contributed by atoms with Crippen LogP contribution in [0.15, 0.2) is 18.2 Å². The maximum absolute atomic E-state index is 13.7. The molecule has 0 aliphatic heterocycles. The van der Waals surface area contributed by atoms with Gasteiger partial charge in [-0.05, 0) is 37.8 Å². The van der Waals surface area contributed by atoms with Crippen LogP contribution in [0.2, 0.25) is 0 Å². The van der Waals surface area contributed by atoms with Crippen molar-refractivity contribution in [3.63, 3.8) is 0 Å². The Labute approximate surface area is 124 Å². The van der Waals surface area contributed by atoms with Gasteiger partial charge in [-0.2, -0.15) is 0 Å². The lowest BCUT2D eigenvalue weighted by Crippen LogP contribution is -2.54. The van der Waals surface area contributed by atoms with Crippen molar-refractivity contribution >= 4 is 5.91 Å². The largest absolute Gasteiger partial charge is 0.508 e. The molecule has 116 valence electrons. The monoisotopic (exact) mass is 295 g/mol. The van der Waals surface area contributed by atoms with Crippen molar-refractivity contribution in [2.75, 3.05) is 6.61 Å². The summed E-state index contributed by atoms with van der Waals surface area (Å²) in [6.45, 7) is 1.63. The van der Waals surface area contributed by atoms with Crippen molar-refractivity contribution in [3.8, 4) is 5.75 Å². The molecule has 4 nitrogen and oxygen atoms in total. The number of amides is 1. The number of aromatic hydroxyl groups is 1. The van der Waals surface area contributed by atoms with E-state index in [1.807, 2.05) is 0 Å². The summed E-state index contributed by atoms with van der Waals surface area (Å²) in [6.07, 6.45) is 5.26.